The Morgan fingerprint density at radius 2 is 2.21 bits per heavy atom. The summed E-state index contributed by atoms with van der Waals surface area (Å²) >= 11 is 0. The average Bonchev–Trinajstić information content (AvgIpc) is 3.12. The van der Waals surface area contributed by atoms with Crippen molar-refractivity contribution in [2.24, 2.45) is 13.0 Å². The second-order valence-electron chi connectivity index (χ2n) is 7.00. The number of hydrogen-bond acceptors (Lipinski definition) is 4. The van der Waals surface area contributed by atoms with E-state index in [9.17, 15) is 4.79 Å². The van der Waals surface area contributed by atoms with Gasteiger partial charge in [-0.2, -0.15) is 5.10 Å². The SMILES string of the molecule is Cn1cc(CN2CCn3cc(CNC(=O)CC4CC4)nc3C2)cn1. The molecule has 128 valence electrons. The Bertz CT molecular complexity index is 729. The predicted octanol–water partition coefficient (Wildman–Crippen LogP) is 1.05. The summed E-state index contributed by atoms with van der Waals surface area (Å²) in [5, 5.41) is 7.22. The summed E-state index contributed by atoms with van der Waals surface area (Å²) in [6.07, 6.45) is 9.14. The van der Waals surface area contributed by atoms with E-state index in [2.05, 4.69) is 32.3 Å². The van der Waals surface area contributed by atoms with Crippen LogP contribution in [0.5, 0.6) is 0 Å². The summed E-state index contributed by atoms with van der Waals surface area (Å²) in [4.78, 5) is 18.9. The molecule has 0 radical (unpaired) electrons. The molecule has 1 aliphatic heterocycles. The molecule has 1 fully saturated rings. The average molecular weight is 328 g/mol. The van der Waals surface area contributed by atoms with Crippen LogP contribution in [0.4, 0.5) is 0 Å². The van der Waals surface area contributed by atoms with Gasteiger partial charge >= 0.3 is 0 Å². The lowest BCUT2D eigenvalue weighted by molar-refractivity contribution is -0.121. The van der Waals surface area contributed by atoms with Gasteiger partial charge in [0.05, 0.1) is 25.0 Å². The first-order chi connectivity index (χ1) is 11.7. The summed E-state index contributed by atoms with van der Waals surface area (Å²) in [6, 6.07) is 0. The van der Waals surface area contributed by atoms with Crippen molar-refractivity contribution >= 4 is 5.91 Å². The van der Waals surface area contributed by atoms with Crippen LogP contribution < -0.4 is 5.32 Å². The molecule has 24 heavy (non-hydrogen) atoms. The van der Waals surface area contributed by atoms with Gasteiger partial charge in [0.2, 0.25) is 5.91 Å². The fourth-order valence-electron chi connectivity index (χ4n) is 3.24. The lowest BCUT2D eigenvalue weighted by atomic mass is 10.3. The molecule has 7 nitrogen and oxygen atoms in total. The number of fused-ring (bicyclic) bond motifs is 1. The maximum absolute atomic E-state index is 11.8. The van der Waals surface area contributed by atoms with Gasteiger partial charge in [-0.1, -0.05) is 0 Å². The van der Waals surface area contributed by atoms with Gasteiger partial charge in [0.25, 0.3) is 0 Å². The van der Waals surface area contributed by atoms with Crippen LogP contribution in [-0.4, -0.2) is 36.7 Å². The fourth-order valence-corrected chi connectivity index (χ4v) is 3.24. The number of carbonyl (C=O) groups excluding carboxylic acids is 1. The van der Waals surface area contributed by atoms with Crippen LogP contribution in [0.15, 0.2) is 18.6 Å². The third-order valence-electron chi connectivity index (χ3n) is 4.73. The molecule has 0 aromatic carbocycles. The molecule has 0 saturated heterocycles. The van der Waals surface area contributed by atoms with Gasteiger partial charge < -0.3 is 9.88 Å². The molecule has 0 spiro atoms. The molecule has 1 N–H and O–H groups in total. The van der Waals surface area contributed by atoms with Gasteiger partial charge in [-0.05, 0) is 18.8 Å². The first kappa shape index (κ1) is 15.4. The standard InChI is InChI=1S/C17H24N6O/c1-21-9-14(7-19-21)10-22-4-5-23-11-15(20-16(23)12-22)8-18-17(24)6-13-2-3-13/h7,9,11,13H,2-6,8,10,12H2,1H3,(H,18,24). The molecule has 1 aliphatic carbocycles. The first-order valence-corrected chi connectivity index (χ1v) is 8.67. The number of hydrogen-bond donors (Lipinski definition) is 1. The van der Waals surface area contributed by atoms with Crippen molar-refractivity contribution in [1.29, 1.82) is 0 Å². The Labute approximate surface area is 141 Å². The smallest absolute Gasteiger partial charge is 0.220 e. The molecule has 1 saturated carbocycles. The van der Waals surface area contributed by atoms with E-state index >= 15 is 0 Å². The maximum atomic E-state index is 11.8. The minimum Gasteiger partial charge on any atom is -0.350 e. The van der Waals surface area contributed by atoms with E-state index in [0.717, 1.165) is 37.7 Å². The zero-order chi connectivity index (χ0) is 16.5. The highest BCUT2D eigenvalue weighted by molar-refractivity contribution is 5.76. The van der Waals surface area contributed by atoms with E-state index in [1.165, 1.54) is 18.4 Å². The van der Waals surface area contributed by atoms with Gasteiger partial charge in [-0.3, -0.25) is 14.4 Å². The molecule has 0 bridgehead atoms. The number of amides is 1. The van der Waals surface area contributed by atoms with E-state index in [1.54, 1.807) is 0 Å². The summed E-state index contributed by atoms with van der Waals surface area (Å²) in [5.41, 5.74) is 2.18. The quantitative estimate of drug-likeness (QED) is 0.861. The number of rotatable bonds is 6. The molecular formula is C17H24N6O. The Morgan fingerprint density at radius 1 is 1.33 bits per heavy atom. The van der Waals surface area contributed by atoms with Crippen molar-refractivity contribution in [2.45, 2.75) is 45.4 Å². The van der Waals surface area contributed by atoms with Gasteiger partial charge in [0.15, 0.2) is 0 Å². The first-order valence-electron chi connectivity index (χ1n) is 8.67. The van der Waals surface area contributed by atoms with Gasteiger partial charge in [-0.25, -0.2) is 4.98 Å². The minimum absolute atomic E-state index is 0.154. The molecule has 7 heteroatoms. The number of aromatic nitrogens is 4. The molecule has 0 unspecified atom stereocenters. The zero-order valence-electron chi connectivity index (χ0n) is 14.1. The fraction of sp³-hybridized carbons (Fsp3) is 0.588. The van der Waals surface area contributed by atoms with Crippen LogP contribution in [0.1, 0.15) is 36.3 Å². The van der Waals surface area contributed by atoms with Crippen LogP contribution in [-0.2, 0) is 38.0 Å². The second-order valence-corrected chi connectivity index (χ2v) is 7.00. The topological polar surface area (TPSA) is 68.0 Å². The second kappa shape index (κ2) is 6.39. The zero-order valence-corrected chi connectivity index (χ0v) is 14.1. The molecule has 2 aromatic heterocycles. The highest BCUT2D eigenvalue weighted by atomic mass is 16.1. The molecule has 4 rings (SSSR count). The lowest BCUT2D eigenvalue weighted by Crippen LogP contribution is -2.33. The lowest BCUT2D eigenvalue weighted by Gasteiger charge is -2.26. The molecule has 0 atom stereocenters. The molecule has 3 heterocycles. The molecule has 2 aromatic rings. The number of nitrogens with zero attached hydrogens (tertiary/aromatic N) is 5. The third-order valence-corrected chi connectivity index (χ3v) is 4.73. The van der Waals surface area contributed by atoms with Crippen molar-refractivity contribution in [3.8, 4) is 0 Å². The summed E-state index contributed by atoms with van der Waals surface area (Å²) in [5.74, 6) is 1.86. The molecular weight excluding hydrogens is 304 g/mol. The van der Waals surface area contributed by atoms with E-state index in [4.69, 9.17) is 4.98 Å². The maximum Gasteiger partial charge on any atom is 0.220 e. The van der Waals surface area contributed by atoms with Gasteiger partial charge in [0, 0.05) is 51.1 Å². The van der Waals surface area contributed by atoms with Crippen LogP contribution in [0.3, 0.4) is 0 Å². The Kier molecular flexibility index (Phi) is 4.10. The van der Waals surface area contributed by atoms with E-state index < -0.39 is 0 Å². The summed E-state index contributed by atoms with van der Waals surface area (Å²) in [6.45, 7) is 4.22. The van der Waals surface area contributed by atoms with Crippen LogP contribution in [0.2, 0.25) is 0 Å². The van der Waals surface area contributed by atoms with Crippen molar-refractivity contribution in [3.63, 3.8) is 0 Å². The van der Waals surface area contributed by atoms with Crippen molar-refractivity contribution in [3.05, 3.63) is 35.7 Å². The number of nitrogens with one attached hydrogen (secondary N) is 1. The van der Waals surface area contributed by atoms with Crippen molar-refractivity contribution in [2.75, 3.05) is 6.54 Å². The van der Waals surface area contributed by atoms with Crippen molar-refractivity contribution < 1.29 is 4.79 Å². The van der Waals surface area contributed by atoms with Gasteiger partial charge in [0.1, 0.15) is 5.82 Å². The normalized spacial score (nSPS) is 17.7. The minimum atomic E-state index is 0.154. The van der Waals surface area contributed by atoms with Crippen molar-refractivity contribution in [1.82, 2.24) is 29.5 Å². The number of carbonyl (C=O) groups is 1. The van der Waals surface area contributed by atoms with E-state index in [0.29, 0.717) is 18.9 Å². The number of imidazole rings is 1. The molecule has 1 amide bonds. The highest BCUT2D eigenvalue weighted by Gasteiger charge is 2.24. The summed E-state index contributed by atoms with van der Waals surface area (Å²) in [7, 11) is 1.94. The van der Waals surface area contributed by atoms with E-state index in [-0.39, 0.29) is 5.91 Å². The highest BCUT2D eigenvalue weighted by Crippen LogP contribution is 2.32. The van der Waals surface area contributed by atoms with Crippen LogP contribution in [0.25, 0.3) is 0 Å². The van der Waals surface area contributed by atoms with Gasteiger partial charge in [-0.15, -0.1) is 0 Å². The molecule has 2 aliphatic rings. The van der Waals surface area contributed by atoms with Crippen LogP contribution in [0, 0.1) is 5.92 Å². The summed E-state index contributed by atoms with van der Waals surface area (Å²) < 4.78 is 4.05. The Balaban J connectivity index is 1.32. The Morgan fingerprint density at radius 3 is 2.96 bits per heavy atom. The largest absolute Gasteiger partial charge is 0.350 e. The van der Waals surface area contributed by atoms with Crippen LogP contribution >= 0.6 is 0 Å². The number of aryl methyl sites for hydroxylation is 1. The monoisotopic (exact) mass is 328 g/mol. The van der Waals surface area contributed by atoms with E-state index in [1.807, 2.05) is 17.9 Å². The third kappa shape index (κ3) is 3.67. The Hall–Kier alpha value is -2.15. The predicted molar refractivity (Wildman–Crippen MR) is 88.7 cm³/mol.